The molecule has 1 aromatic rings. The molecule has 0 saturated heterocycles. The van der Waals surface area contributed by atoms with Gasteiger partial charge >= 0.3 is 6.18 Å². The van der Waals surface area contributed by atoms with Crippen molar-refractivity contribution >= 4 is 11.8 Å². The minimum Gasteiger partial charge on any atom is -0.295 e. The van der Waals surface area contributed by atoms with Crippen LogP contribution in [0.15, 0.2) is 29.2 Å². The number of alkyl halides is 3. The maximum Gasteiger partial charge on any atom is 0.408 e. The molecule has 0 N–H and O–H groups in total. The third-order valence-corrected chi connectivity index (χ3v) is 3.23. The predicted octanol–water partition coefficient (Wildman–Crippen LogP) is 3.96. The van der Waals surface area contributed by atoms with E-state index in [0.29, 0.717) is 0 Å². The average Bonchev–Trinajstić information content (AvgIpc) is 2.18. The zero-order valence-electron chi connectivity index (χ0n) is 10.1. The van der Waals surface area contributed by atoms with Crippen LogP contribution in [-0.4, -0.2) is 30.9 Å². The molecule has 1 rings (SSSR count). The molecule has 0 heterocycles. The molecule has 96 valence electrons. The molecule has 1 unspecified atom stereocenters. The van der Waals surface area contributed by atoms with Gasteiger partial charge in [0.2, 0.25) is 0 Å². The molecule has 0 saturated carbocycles. The summed E-state index contributed by atoms with van der Waals surface area (Å²) in [5.41, 5.74) is 0.281. The average molecular weight is 263 g/mol. The fourth-order valence-corrected chi connectivity index (χ4v) is 2.35. The Morgan fingerprint density at radius 2 is 1.71 bits per heavy atom. The Hall–Kier alpha value is -0.680. The highest BCUT2D eigenvalue weighted by Crippen LogP contribution is 2.36. The summed E-state index contributed by atoms with van der Waals surface area (Å²) >= 11 is 1.62. The lowest BCUT2D eigenvalue weighted by Gasteiger charge is -2.27. The van der Waals surface area contributed by atoms with Crippen molar-refractivity contribution in [1.29, 1.82) is 0 Å². The summed E-state index contributed by atoms with van der Waals surface area (Å²) in [7, 11) is 2.87. The number of nitrogens with zero attached hydrogens (tertiary/aromatic N) is 1. The van der Waals surface area contributed by atoms with Gasteiger partial charge < -0.3 is 0 Å². The maximum atomic E-state index is 12.9. The van der Waals surface area contributed by atoms with Crippen molar-refractivity contribution in [2.75, 3.05) is 19.8 Å². The van der Waals surface area contributed by atoms with Crippen LogP contribution < -0.4 is 0 Å². The highest BCUT2D eigenvalue weighted by molar-refractivity contribution is 7.99. The molecule has 1 aromatic carbocycles. The van der Waals surface area contributed by atoms with Crippen molar-refractivity contribution in [2.45, 2.75) is 24.0 Å². The van der Waals surface area contributed by atoms with Gasteiger partial charge in [-0.1, -0.05) is 19.1 Å². The van der Waals surface area contributed by atoms with E-state index in [0.717, 1.165) is 10.6 Å². The number of hydrogen-bond donors (Lipinski definition) is 0. The second-order valence-electron chi connectivity index (χ2n) is 3.91. The molecule has 0 aromatic heterocycles. The molecule has 5 heteroatoms. The highest BCUT2D eigenvalue weighted by atomic mass is 32.2. The van der Waals surface area contributed by atoms with E-state index in [1.54, 1.807) is 36.0 Å². The van der Waals surface area contributed by atoms with Crippen molar-refractivity contribution in [2.24, 2.45) is 0 Å². The summed E-state index contributed by atoms with van der Waals surface area (Å²) < 4.78 is 38.6. The van der Waals surface area contributed by atoms with Crippen LogP contribution in [0.1, 0.15) is 18.5 Å². The molecule has 0 radical (unpaired) electrons. The molecular weight excluding hydrogens is 247 g/mol. The highest BCUT2D eigenvalue weighted by Gasteiger charge is 2.42. The van der Waals surface area contributed by atoms with Crippen LogP contribution in [0.4, 0.5) is 13.2 Å². The largest absolute Gasteiger partial charge is 0.408 e. The Morgan fingerprint density at radius 1 is 1.18 bits per heavy atom. The van der Waals surface area contributed by atoms with Crippen LogP contribution in [-0.2, 0) is 0 Å². The van der Waals surface area contributed by atoms with E-state index in [-0.39, 0.29) is 5.56 Å². The minimum atomic E-state index is -4.25. The summed E-state index contributed by atoms with van der Waals surface area (Å²) in [6.45, 7) is 2.01. The van der Waals surface area contributed by atoms with Crippen LogP contribution in [0.3, 0.4) is 0 Å². The van der Waals surface area contributed by atoms with E-state index in [1.165, 1.54) is 19.0 Å². The molecule has 1 atom stereocenters. The lowest BCUT2D eigenvalue weighted by atomic mass is 10.1. The normalized spacial score (nSPS) is 14.1. The Balaban J connectivity index is 2.96. The lowest BCUT2D eigenvalue weighted by Crippen LogP contribution is -2.33. The zero-order valence-corrected chi connectivity index (χ0v) is 10.9. The minimum absolute atomic E-state index is 0.281. The molecule has 0 aliphatic rings. The lowest BCUT2D eigenvalue weighted by molar-refractivity contribution is -0.179. The molecule has 0 fully saturated rings. The summed E-state index contributed by atoms with van der Waals surface area (Å²) in [6.07, 6.45) is -4.25. The van der Waals surface area contributed by atoms with E-state index in [2.05, 4.69) is 0 Å². The number of rotatable bonds is 4. The first-order valence-electron chi connectivity index (χ1n) is 5.32. The molecule has 0 spiro atoms. The van der Waals surface area contributed by atoms with Crippen molar-refractivity contribution in [3.05, 3.63) is 29.8 Å². The van der Waals surface area contributed by atoms with Crippen LogP contribution >= 0.6 is 11.8 Å². The second kappa shape index (κ2) is 5.78. The van der Waals surface area contributed by atoms with Gasteiger partial charge in [0.25, 0.3) is 0 Å². The Kier molecular flexibility index (Phi) is 4.89. The van der Waals surface area contributed by atoms with Crippen molar-refractivity contribution in [3.8, 4) is 0 Å². The Bertz CT molecular complexity index is 346. The van der Waals surface area contributed by atoms with Crippen LogP contribution in [0, 0.1) is 0 Å². The second-order valence-corrected chi connectivity index (χ2v) is 5.25. The van der Waals surface area contributed by atoms with E-state index in [4.69, 9.17) is 0 Å². The first-order chi connectivity index (χ1) is 7.86. The smallest absolute Gasteiger partial charge is 0.295 e. The van der Waals surface area contributed by atoms with E-state index >= 15 is 0 Å². The summed E-state index contributed by atoms with van der Waals surface area (Å²) in [6, 6.07) is 5.05. The van der Waals surface area contributed by atoms with Gasteiger partial charge in [-0.05, 0) is 37.5 Å². The fourth-order valence-electron chi connectivity index (χ4n) is 1.69. The van der Waals surface area contributed by atoms with Gasteiger partial charge in [0.15, 0.2) is 0 Å². The summed E-state index contributed by atoms with van der Waals surface area (Å²) in [4.78, 5) is 2.18. The molecule has 0 bridgehead atoms. The monoisotopic (exact) mass is 263 g/mol. The summed E-state index contributed by atoms with van der Waals surface area (Å²) in [5, 5.41) is 0. The van der Waals surface area contributed by atoms with Gasteiger partial charge in [0.1, 0.15) is 6.04 Å². The zero-order chi connectivity index (χ0) is 13.1. The van der Waals surface area contributed by atoms with Gasteiger partial charge in [-0.25, -0.2) is 0 Å². The van der Waals surface area contributed by atoms with Gasteiger partial charge in [-0.15, -0.1) is 11.8 Å². The number of benzene rings is 1. The van der Waals surface area contributed by atoms with E-state index in [1.807, 2.05) is 6.92 Å². The Labute approximate surface area is 104 Å². The van der Waals surface area contributed by atoms with Crippen LogP contribution in [0.25, 0.3) is 0 Å². The van der Waals surface area contributed by atoms with E-state index in [9.17, 15) is 13.2 Å². The number of thioether (sulfide) groups is 1. The molecule has 0 amide bonds. The molecule has 17 heavy (non-hydrogen) atoms. The Morgan fingerprint density at radius 3 is 2.06 bits per heavy atom. The van der Waals surface area contributed by atoms with E-state index < -0.39 is 12.2 Å². The fraction of sp³-hybridized carbons (Fsp3) is 0.500. The summed E-state index contributed by atoms with van der Waals surface area (Å²) in [5.74, 6) is 0.912. The van der Waals surface area contributed by atoms with Gasteiger partial charge in [-0.2, -0.15) is 13.2 Å². The molecular formula is C12H16F3NS. The molecule has 0 aliphatic carbocycles. The first kappa shape index (κ1) is 14.4. The topological polar surface area (TPSA) is 3.24 Å². The predicted molar refractivity (Wildman–Crippen MR) is 65.3 cm³/mol. The van der Waals surface area contributed by atoms with Crippen LogP contribution in [0.5, 0.6) is 0 Å². The van der Waals surface area contributed by atoms with Crippen molar-refractivity contribution < 1.29 is 13.2 Å². The van der Waals surface area contributed by atoms with Crippen LogP contribution in [0.2, 0.25) is 0 Å². The van der Waals surface area contributed by atoms with Crippen molar-refractivity contribution in [1.82, 2.24) is 4.90 Å². The number of hydrogen-bond acceptors (Lipinski definition) is 2. The molecule has 1 nitrogen and oxygen atoms in total. The van der Waals surface area contributed by atoms with Gasteiger partial charge in [0, 0.05) is 4.90 Å². The maximum absolute atomic E-state index is 12.9. The van der Waals surface area contributed by atoms with Crippen molar-refractivity contribution in [3.63, 3.8) is 0 Å². The standard InChI is InChI=1S/C12H16F3NS/c1-4-17-10-7-5-9(6-8-10)11(16(2)3)12(13,14)15/h5-8,11H,4H2,1-3H3. The number of halogens is 3. The third-order valence-electron chi connectivity index (χ3n) is 2.33. The van der Waals surface area contributed by atoms with Gasteiger partial charge in [-0.3, -0.25) is 4.90 Å². The SMILES string of the molecule is CCSc1ccc(C(N(C)C)C(F)(F)F)cc1. The quantitative estimate of drug-likeness (QED) is 0.756. The third kappa shape index (κ3) is 3.92. The molecule has 0 aliphatic heterocycles. The van der Waals surface area contributed by atoms with Gasteiger partial charge in [0.05, 0.1) is 0 Å². The first-order valence-corrected chi connectivity index (χ1v) is 6.30.